The molecule has 2 N–H and O–H groups in total. The molecular weight excluding hydrogens is 339 g/mol. The second-order valence-electron chi connectivity index (χ2n) is 5.16. The first kappa shape index (κ1) is 20.6. The van der Waals surface area contributed by atoms with E-state index in [4.69, 9.17) is 0 Å². The van der Waals surface area contributed by atoms with Gasteiger partial charge in [0, 0.05) is 18.7 Å². The molecule has 1 aromatic rings. The molecule has 0 aliphatic rings. The van der Waals surface area contributed by atoms with Gasteiger partial charge in [-0.05, 0) is 13.0 Å². The van der Waals surface area contributed by atoms with Crippen molar-refractivity contribution in [2.24, 2.45) is 10.9 Å². The Morgan fingerprint density at radius 1 is 1.28 bits per heavy atom. The van der Waals surface area contributed by atoms with Crippen molar-refractivity contribution in [1.29, 1.82) is 0 Å². The monoisotopic (exact) mass is 361 g/mol. The predicted molar refractivity (Wildman–Crippen MR) is 87.1 cm³/mol. The van der Waals surface area contributed by atoms with Crippen LogP contribution >= 0.6 is 0 Å². The van der Waals surface area contributed by atoms with Crippen molar-refractivity contribution in [3.8, 4) is 5.75 Å². The van der Waals surface area contributed by atoms with Gasteiger partial charge in [-0.25, -0.2) is 4.99 Å². The molecule has 0 aliphatic carbocycles. The molecule has 0 saturated heterocycles. The summed E-state index contributed by atoms with van der Waals surface area (Å²) in [5.41, 5.74) is 0.290. The standard InChI is InChI=1S/C16H22F3N3O3/c1-4-20-15(21-9-11(2)14(23)24-3)22-10-12-7-5-6-8-13(12)25-16(17,18)19/h5-8,11H,4,9-10H2,1-3H3,(H2,20,21,22). The number of halogens is 3. The minimum absolute atomic E-state index is 0.0197. The highest BCUT2D eigenvalue weighted by molar-refractivity contribution is 5.80. The van der Waals surface area contributed by atoms with E-state index in [0.29, 0.717) is 12.5 Å². The fourth-order valence-corrected chi connectivity index (χ4v) is 1.90. The Kier molecular flexibility index (Phi) is 8.03. The Morgan fingerprint density at radius 3 is 2.56 bits per heavy atom. The lowest BCUT2D eigenvalue weighted by Crippen LogP contribution is -2.40. The number of ether oxygens (including phenoxy) is 2. The fourth-order valence-electron chi connectivity index (χ4n) is 1.90. The van der Waals surface area contributed by atoms with Crippen molar-refractivity contribution in [1.82, 2.24) is 10.6 Å². The summed E-state index contributed by atoms with van der Waals surface area (Å²) in [4.78, 5) is 15.6. The Balaban J connectivity index is 2.79. The molecule has 0 fully saturated rings. The second kappa shape index (κ2) is 9.75. The third-order valence-electron chi connectivity index (χ3n) is 3.13. The Morgan fingerprint density at radius 2 is 1.96 bits per heavy atom. The number of aliphatic imine (C=N–C) groups is 1. The summed E-state index contributed by atoms with van der Waals surface area (Å²) in [6.07, 6.45) is -4.77. The number of hydrogen-bond donors (Lipinski definition) is 2. The highest BCUT2D eigenvalue weighted by Gasteiger charge is 2.31. The van der Waals surface area contributed by atoms with Crippen molar-refractivity contribution >= 4 is 11.9 Å². The maximum atomic E-state index is 12.4. The van der Waals surface area contributed by atoms with E-state index in [0.717, 1.165) is 0 Å². The molecule has 0 aromatic heterocycles. The third-order valence-corrected chi connectivity index (χ3v) is 3.13. The molecule has 0 bridgehead atoms. The van der Waals surface area contributed by atoms with Gasteiger partial charge in [-0.3, -0.25) is 4.79 Å². The summed E-state index contributed by atoms with van der Waals surface area (Å²) in [5, 5.41) is 5.91. The number of guanidine groups is 1. The van der Waals surface area contributed by atoms with Gasteiger partial charge in [-0.1, -0.05) is 25.1 Å². The van der Waals surface area contributed by atoms with E-state index in [-0.39, 0.29) is 30.4 Å². The van der Waals surface area contributed by atoms with E-state index in [1.807, 2.05) is 6.92 Å². The van der Waals surface area contributed by atoms with Crippen molar-refractivity contribution in [3.05, 3.63) is 29.8 Å². The van der Waals surface area contributed by atoms with Crippen LogP contribution in [-0.2, 0) is 16.1 Å². The number of esters is 1. The van der Waals surface area contributed by atoms with Gasteiger partial charge < -0.3 is 20.1 Å². The topological polar surface area (TPSA) is 72.0 Å². The van der Waals surface area contributed by atoms with E-state index in [2.05, 4.69) is 25.1 Å². The molecule has 6 nitrogen and oxygen atoms in total. The van der Waals surface area contributed by atoms with Gasteiger partial charge in [-0.15, -0.1) is 13.2 Å². The van der Waals surface area contributed by atoms with Gasteiger partial charge in [0.1, 0.15) is 5.75 Å². The zero-order valence-corrected chi connectivity index (χ0v) is 14.3. The van der Waals surface area contributed by atoms with Crippen molar-refractivity contribution in [2.75, 3.05) is 20.2 Å². The van der Waals surface area contributed by atoms with Crippen LogP contribution in [0.25, 0.3) is 0 Å². The predicted octanol–water partition coefficient (Wildman–Crippen LogP) is 2.45. The molecule has 0 saturated carbocycles. The molecule has 140 valence electrons. The number of carbonyl (C=O) groups excluding carboxylic acids is 1. The normalized spacial score (nSPS) is 13.1. The molecular formula is C16H22F3N3O3. The summed E-state index contributed by atoms with van der Waals surface area (Å²) in [5.74, 6) is -0.681. The molecule has 25 heavy (non-hydrogen) atoms. The van der Waals surface area contributed by atoms with E-state index in [1.54, 1.807) is 13.0 Å². The molecule has 1 aromatic carbocycles. The number of carbonyl (C=O) groups is 1. The molecule has 1 unspecified atom stereocenters. The maximum Gasteiger partial charge on any atom is 0.573 e. The maximum absolute atomic E-state index is 12.4. The van der Waals surface area contributed by atoms with Gasteiger partial charge in [0.2, 0.25) is 0 Å². The van der Waals surface area contributed by atoms with E-state index in [9.17, 15) is 18.0 Å². The molecule has 0 radical (unpaired) electrons. The molecule has 0 aliphatic heterocycles. The van der Waals surface area contributed by atoms with Crippen LogP contribution in [0.15, 0.2) is 29.3 Å². The highest BCUT2D eigenvalue weighted by Crippen LogP contribution is 2.26. The van der Waals surface area contributed by atoms with Gasteiger partial charge in [0.25, 0.3) is 0 Å². The van der Waals surface area contributed by atoms with Crippen LogP contribution in [0, 0.1) is 5.92 Å². The number of benzene rings is 1. The number of alkyl halides is 3. The van der Waals surface area contributed by atoms with Gasteiger partial charge in [0.15, 0.2) is 5.96 Å². The smallest absolute Gasteiger partial charge is 0.469 e. The third kappa shape index (κ3) is 7.77. The van der Waals surface area contributed by atoms with E-state index in [1.165, 1.54) is 25.3 Å². The number of methoxy groups -OCH3 is 1. The second-order valence-corrected chi connectivity index (χ2v) is 5.16. The van der Waals surface area contributed by atoms with Gasteiger partial charge in [0.05, 0.1) is 19.6 Å². The first-order valence-corrected chi connectivity index (χ1v) is 7.70. The van der Waals surface area contributed by atoms with Gasteiger partial charge in [-0.2, -0.15) is 0 Å². The first-order chi connectivity index (χ1) is 11.8. The van der Waals surface area contributed by atoms with Crippen molar-refractivity contribution in [2.45, 2.75) is 26.8 Å². The molecule has 9 heteroatoms. The highest BCUT2D eigenvalue weighted by atomic mass is 19.4. The molecule has 0 spiro atoms. The SMILES string of the molecule is CCNC(=NCc1ccccc1OC(F)(F)F)NCC(C)C(=O)OC. The Bertz CT molecular complexity index is 591. The quantitative estimate of drug-likeness (QED) is 0.443. The number of nitrogens with zero attached hydrogens (tertiary/aromatic N) is 1. The lowest BCUT2D eigenvalue weighted by Gasteiger charge is -2.15. The average Bonchev–Trinajstić information content (AvgIpc) is 2.56. The zero-order valence-electron chi connectivity index (χ0n) is 14.3. The largest absolute Gasteiger partial charge is 0.573 e. The van der Waals surface area contributed by atoms with Gasteiger partial charge >= 0.3 is 12.3 Å². The summed E-state index contributed by atoms with van der Waals surface area (Å²) in [7, 11) is 1.30. The number of hydrogen-bond acceptors (Lipinski definition) is 4. The van der Waals surface area contributed by atoms with E-state index >= 15 is 0 Å². The summed E-state index contributed by atoms with van der Waals surface area (Å²) < 4.78 is 45.9. The molecule has 1 rings (SSSR count). The summed E-state index contributed by atoms with van der Waals surface area (Å²) in [6, 6.07) is 5.80. The Hall–Kier alpha value is -2.45. The average molecular weight is 361 g/mol. The van der Waals surface area contributed by atoms with Crippen LogP contribution in [0.3, 0.4) is 0 Å². The molecule has 1 atom stereocenters. The van der Waals surface area contributed by atoms with Crippen LogP contribution in [0.2, 0.25) is 0 Å². The first-order valence-electron chi connectivity index (χ1n) is 7.70. The minimum atomic E-state index is -4.77. The minimum Gasteiger partial charge on any atom is -0.469 e. The van der Waals surface area contributed by atoms with Crippen LogP contribution < -0.4 is 15.4 Å². The van der Waals surface area contributed by atoms with Crippen LogP contribution in [0.1, 0.15) is 19.4 Å². The van der Waals surface area contributed by atoms with Crippen LogP contribution in [-0.4, -0.2) is 38.5 Å². The zero-order chi connectivity index (χ0) is 18.9. The molecule has 0 heterocycles. The molecule has 0 amide bonds. The number of para-hydroxylation sites is 1. The lowest BCUT2D eigenvalue weighted by atomic mass is 10.2. The summed E-state index contributed by atoms with van der Waals surface area (Å²) in [6.45, 7) is 4.35. The van der Waals surface area contributed by atoms with Crippen molar-refractivity contribution < 1.29 is 27.4 Å². The number of nitrogens with one attached hydrogen (secondary N) is 2. The van der Waals surface area contributed by atoms with Crippen molar-refractivity contribution in [3.63, 3.8) is 0 Å². The summed E-state index contributed by atoms with van der Waals surface area (Å²) >= 11 is 0. The number of rotatable bonds is 7. The van der Waals surface area contributed by atoms with E-state index < -0.39 is 12.3 Å². The lowest BCUT2D eigenvalue weighted by molar-refractivity contribution is -0.274. The van der Waals surface area contributed by atoms with Crippen LogP contribution in [0.5, 0.6) is 5.75 Å². The van der Waals surface area contributed by atoms with Crippen LogP contribution in [0.4, 0.5) is 13.2 Å². The Labute approximate surface area is 144 Å². The fraction of sp³-hybridized carbons (Fsp3) is 0.500.